The van der Waals surface area contributed by atoms with Gasteiger partial charge in [-0.25, -0.2) is 14.8 Å². The third kappa shape index (κ3) is 3.00. The SMILES string of the molecule is Cc1nc(Sc2ccc(Cl)cn2)ccc1C(=O)O. The van der Waals surface area contributed by atoms with Gasteiger partial charge in [0.2, 0.25) is 0 Å². The first-order valence-electron chi connectivity index (χ1n) is 5.06. The van der Waals surface area contributed by atoms with Crippen LogP contribution in [-0.2, 0) is 0 Å². The Morgan fingerprint density at radius 1 is 1.28 bits per heavy atom. The lowest BCUT2D eigenvalue weighted by Crippen LogP contribution is -2.01. The third-order valence-corrected chi connectivity index (χ3v) is 3.31. The fourth-order valence-corrected chi connectivity index (χ4v) is 2.24. The minimum Gasteiger partial charge on any atom is -0.478 e. The molecule has 18 heavy (non-hydrogen) atoms. The Labute approximate surface area is 113 Å². The summed E-state index contributed by atoms with van der Waals surface area (Å²) in [5, 5.41) is 10.9. The fourth-order valence-electron chi connectivity index (χ4n) is 1.35. The van der Waals surface area contributed by atoms with Gasteiger partial charge in [0.05, 0.1) is 16.3 Å². The molecule has 2 aromatic rings. The number of nitrogens with zero attached hydrogens (tertiary/aromatic N) is 2. The predicted molar refractivity (Wildman–Crippen MR) is 69.3 cm³/mol. The number of carbonyl (C=O) groups is 1. The van der Waals surface area contributed by atoms with E-state index >= 15 is 0 Å². The molecule has 0 saturated carbocycles. The second kappa shape index (κ2) is 5.37. The van der Waals surface area contributed by atoms with Crippen LogP contribution in [0.1, 0.15) is 16.1 Å². The first kappa shape index (κ1) is 12.9. The Balaban J connectivity index is 2.22. The first-order chi connectivity index (χ1) is 8.56. The molecule has 0 aliphatic carbocycles. The number of rotatable bonds is 3. The molecule has 0 atom stereocenters. The van der Waals surface area contributed by atoms with Gasteiger partial charge >= 0.3 is 5.97 Å². The summed E-state index contributed by atoms with van der Waals surface area (Å²) in [5.41, 5.74) is 0.699. The zero-order chi connectivity index (χ0) is 13.1. The van der Waals surface area contributed by atoms with Crippen LogP contribution in [0.4, 0.5) is 0 Å². The molecule has 0 spiro atoms. The molecule has 0 amide bonds. The number of hydrogen-bond donors (Lipinski definition) is 1. The molecule has 2 rings (SSSR count). The molecule has 0 aliphatic heterocycles. The van der Waals surface area contributed by atoms with Crippen molar-refractivity contribution in [1.29, 1.82) is 0 Å². The van der Waals surface area contributed by atoms with E-state index in [1.165, 1.54) is 11.8 Å². The van der Waals surface area contributed by atoms with Gasteiger partial charge in [0.25, 0.3) is 0 Å². The zero-order valence-electron chi connectivity index (χ0n) is 9.42. The molecule has 2 aromatic heterocycles. The average Bonchev–Trinajstić information content (AvgIpc) is 2.32. The van der Waals surface area contributed by atoms with Crippen molar-refractivity contribution in [3.8, 4) is 0 Å². The number of aromatic nitrogens is 2. The Morgan fingerprint density at radius 3 is 2.56 bits per heavy atom. The van der Waals surface area contributed by atoms with Crippen LogP contribution in [0.15, 0.2) is 40.5 Å². The largest absolute Gasteiger partial charge is 0.478 e. The molecule has 0 aliphatic rings. The highest BCUT2D eigenvalue weighted by molar-refractivity contribution is 7.99. The van der Waals surface area contributed by atoms with Gasteiger partial charge in [0.1, 0.15) is 10.1 Å². The van der Waals surface area contributed by atoms with Crippen molar-refractivity contribution in [2.75, 3.05) is 0 Å². The van der Waals surface area contributed by atoms with Crippen molar-refractivity contribution in [2.45, 2.75) is 17.0 Å². The Hall–Kier alpha value is -1.59. The number of carboxylic acid groups (broad SMARTS) is 1. The van der Waals surface area contributed by atoms with Crippen molar-refractivity contribution in [1.82, 2.24) is 9.97 Å². The smallest absolute Gasteiger partial charge is 0.337 e. The summed E-state index contributed by atoms with van der Waals surface area (Å²) >= 11 is 7.10. The molecule has 0 radical (unpaired) electrons. The van der Waals surface area contributed by atoms with E-state index in [0.717, 1.165) is 5.03 Å². The van der Waals surface area contributed by atoms with Crippen LogP contribution in [0.25, 0.3) is 0 Å². The number of pyridine rings is 2. The highest BCUT2D eigenvalue weighted by Crippen LogP contribution is 2.25. The van der Waals surface area contributed by atoms with Crippen molar-refractivity contribution >= 4 is 29.3 Å². The van der Waals surface area contributed by atoms with E-state index < -0.39 is 5.97 Å². The van der Waals surface area contributed by atoms with Crippen molar-refractivity contribution in [3.63, 3.8) is 0 Å². The second-order valence-electron chi connectivity index (χ2n) is 3.50. The second-order valence-corrected chi connectivity index (χ2v) is 4.98. The highest BCUT2D eigenvalue weighted by Gasteiger charge is 2.09. The number of carboxylic acids is 1. The van der Waals surface area contributed by atoms with Gasteiger partial charge in [0.15, 0.2) is 0 Å². The van der Waals surface area contributed by atoms with E-state index in [4.69, 9.17) is 16.7 Å². The van der Waals surface area contributed by atoms with E-state index in [2.05, 4.69) is 9.97 Å². The summed E-state index contributed by atoms with van der Waals surface area (Å²) in [6, 6.07) is 6.74. The monoisotopic (exact) mass is 280 g/mol. The lowest BCUT2D eigenvalue weighted by molar-refractivity contribution is 0.0695. The number of aryl methyl sites for hydroxylation is 1. The average molecular weight is 281 g/mol. The topological polar surface area (TPSA) is 63.1 Å². The highest BCUT2D eigenvalue weighted by atomic mass is 35.5. The first-order valence-corrected chi connectivity index (χ1v) is 6.26. The third-order valence-electron chi connectivity index (χ3n) is 2.20. The van der Waals surface area contributed by atoms with Crippen LogP contribution in [0.2, 0.25) is 5.02 Å². The van der Waals surface area contributed by atoms with Gasteiger partial charge in [-0.15, -0.1) is 0 Å². The van der Waals surface area contributed by atoms with Gasteiger partial charge in [-0.05, 0) is 31.2 Å². The minimum absolute atomic E-state index is 0.211. The lowest BCUT2D eigenvalue weighted by atomic mass is 10.2. The predicted octanol–water partition coefficient (Wildman–Crippen LogP) is 3.29. The maximum Gasteiger partial charge on any atom is 0.337 e. The maximum absolute atomic E-state index is 10.9. The molecular weight excluding hydrogens is 272 g/mol. The lowest BCUT2D eigenvalue weighted by Gasteiger charge is -2.03. The summed E-state index contributed by atoms with van der Waals surface area (Å²) in [7, 11) is 0. The van der Waals surface area contributed by atoms with Gasteiger partial charge in [-0.3, -0.25) is 0 Å². The van der Waals surface area contributed by atoms with Crippen LogP contribution in [0, 0.1) is 6.92 Å². The molecule has 0 bridgehead atoms. The molecule has 6 heteroatoms. The van der Waals surface area contributed by atoms with E-state index in [1.807, 2.05) is 0 Å². The normalized spacial score (nSPS) is 10.3. The van der Waals surface area contributed by atoms with Gasteiger partial charge in [-0.1, -0.05) is 23.4 Å². The zero-order valence-corrected chi connectivity index (χ0v) is 11.0. The quantitative estimate of drug-likeness (QED) is 0.935. The molecular formula is C12H9ClN2O2S. The number of halogens is 1. The molecule has 2 heterocycles. The molecule has 4 nitrogen and oxygen atoms in total. The standard InChI is InChI=1S/C12H9ClN2O2S/c1-7-9(12(16)17)3-5-11(15-7)18-10-4-2-8(13)6-14-10/h2-6H,1H3,(H,16,17). The van der Waals surface area contributed by atoms with Crippen molar-refractivity contribution in [3.05, 3.63) is 46.7 Å². The van der Waals surface area contributed by atoms with E-state index in [-0.39, 0.29) is 5.56 Å². The van der Waals surface area contributed by atoms with Crippen molar-refractivity contribution in [2.24, 2.45) is 0 Å². The summed E-state index contributed by atoms with van der Waals surface area (Å²) in [6.07, 6.45) is 1.56. The van der Waals surface area contributed by atoms with Crippen LogP contribution >= 0.6 is 23.4 Å². The van der Waals surface area contributed by atoms with Crippen LogP contribution in [0.3, 0.4) is 0 Å². The van der Waals surface area contributed by atoms with Gasteiger partial charge < -0.3 is 5.11 Å². The van der Waals surface area contributed by atoms with Crippen LogP contribution in [0.5, 0.6) is 0 Å². The minimum atomic E-state index is -0.971. The Kier molecular flexibility index (Phi) is 3.84. The summed E-state index contributed by atoms with van der Waals surface area (Å²) in [6.45, 7) is 1.67. The van der Waals surface area contributed by atoms with E-state index in [9.17, 15) is 4.79 Å². The molecule has 1 N–H and O–H groups in total. The Bertz CT molecular complexity index is 587. The molecule has 0 aromatic carbocycles. The Morgan fingerprint density at radius 2 is 2.00 bits per heavy atom. The maximum atomic E-state index is 10.9. The van der Waals surface area contributed by atoms with Crippen molar-refractivity contribution < 1.29 is 9.90 Å². The fraction of sp³-hybridized carbons (Fsp3) is 0.0833. The summed E-state index contributed by atoms with van der Waals surface area (Å²) < 4.78 is 0. The van der Waals surface area contributed by atoms with E-state index in [0.29, 0.717) is 15.7 Å². The summed E-state index contributed by atoms with van der Waals surface area (Å²) in [4.78, 5) is 19.2. The van der Waals surface area contributed by atoms with Crippen LogP contribution < -0.4 is 0 Å². The van der Waals surface area contributed by atoms with E-state index in [1.54, 1.807) is 37.4 Å². The van der Waals surface area contributed by atoms with Gasteiger partial charge in [-0.2, -0.15) is 0 Å². The number of hydrogen-bond acceptors (Lipinski definition) is 4. The molecule has 92 valence electrons. The molecule has 0 unspecified atom stereocenters. The molecule has 0 saturated heterocycles. The van der Waals surface area contributed by atoms with Crippen LogP contribution in [-0.4, -0.2) is 21.0 Å². The molecule has 0 fully saturated rings. The summed E-state index contributed by atoms with van der Waals surface area (Å²) in [5.74, 6) is -0.971. The number of aromatic carboxylic acids is 1. The van der Waals surface area contributed by atoms with Gasteiger partial charge in [0, 0.05) is 6.20 Å².